The molecule has 0 saturated heterocycles. The van der Waals surface area contributed by atoms with Gasteiger partial charge in [-0.25, -0.2) is 0 Å². The molecule has 1 aliphatic heterocycles. The van der Waals surface area contributed by atoms with Crippen LogP contribution in [0, 0.1) is 11.3 Å². The number of anilines is 2. The Labute approximate surface area is 106 Å². The summed E-state index contributed by atoms with van der Waals surface area (Å²) in [6, 6.07) is 2.13. The molecule has 0 spiro atoms. The number of allylic oxidation sites excluding steroid dienone is 1. The van der Waals surface area contributed by atoms with E-state index in [1.54, 1.807) is 0 Å². The highest BCUT2D eigenvalue weighted by Gasteiger charge is 2.29. The van der Waals surface area contributed by atoms with E-state index in [0.29, 0.717) is 17.1 Å². The Morgan fingerprint density at radius 3 is 2.72 bits per heavy atom. The van der Waals surface area contributed by atoms with Gasteiger partial charge < -0.3 is 15.8 Å². The minimum absolute atomic E-state index is 0.235. The molecule has 2 heterocycles. The molecule has 0 fully saturated rings. The Hall–Kier alpha value is -2.22. The SMILES string of the molecule is COc1nc(N)c2c(c1C#N)NC(C)(C)C=C2C. The van der Waals surface area contributed by atoms with Crippen LogP contribution in [0.3, 0.4) is 0 Å². The number of methoxy groups -OCH3 is 1. The normalized spacial score (nSPS) is 16.1. The molecule has 5 nitrogen and oxygen atoms in total. The predicted molar refractivity (Wildman–Crippen MR) is 71.3 cm³/mol. The summed E-state index contributed by atoms with van der Waals surface area (Å²) in [5.41, 5.74) is 8.59. The molecule has 2 rings (SSSR count). The molecule has 18 heavy (non-hydrogen) atoms. The number of nitrogens with two attached hydrogens (primary N) is 1. The predicted octanol–water partition coefficient (Wildman–Crippen LogP) is 2.15. The Morgan fingerprint density at radius 1 is 1.50 bits per heavy atom. The Kier molecular flexibility index (Phi) is 2.66. The summed E-state index contributed by atoms with van der Waals surface area (Å²) in [5.74, 6) is 0.629. The first-order chi connectivity index (χ1) is 8.39. The molecule has 1 aromatic rings. The Balaban J connectivity index is 2.79. The summed E-state index contributed by atoms with van der Waals surface area (Å²) in [6.45, 7) is 6.03. The number of pyridine rings is 1. The van der Waals surface area contributed by atoms with Gasteiger partial charge in [-0.15, -0.1) is 0 Å². The monoisotopic (exact) mass is 244 g/mol. The van der Waals surface area contributed by atoms with Gasteiger partial charge in [0.25, 0.3) is 0 Å². The fraction of sp³-hybridized carbons (Fsp3) is 0.385. The summed E-state index contributed by atoms with van der Waals surface area (Å²) in [7, 11) is 1.48. The largest absolute Gasteiger partial charge is 0.480 e. The van der Waals surface area contributed by atoms with Crippen LogP contribution in [0.25, 0.3) is 5.57 Å². The Morgan fingerprint density at radius 2 is 2.17 bits per heavy atom. The van der Waals surface area contributed by atoms with Crippen LogP contribution >= 0.6 is 0 Å². The average molecular weight is 244 g/mol. The van der Waals surface area contributed by atoms with Crippen molar-refractivity contribution in [2.24, 2.45) is 0 Å². The van der Waals surface area contributed by atoms with Crippen molar-refractivity contribution in [3.8, 4) is 11.9 Å². The van der Waals surface area contributed by atoms with Crippen molar-refractivity contribution < 1.29 is 4.74 Å². The second-order valence-corrected chi connectivity index (χ2v) is 4.92. The van der Waals surface area contributed by atoms with E-state index in [2.05, 4.69) is 22.4 Å². The number of nitriles is 1. The van der Waals surface area contributed by atoms with E-state index in [1.807, 2.05) is 20.8 Å². The van der Waals surface area contributed by atoms with Gasteiger partial charge >= 0.3 is 0 Å². The van der Waals surface area contributed by atoms with Gasteiger partial charge in [0.05, 0.1) is 18.3 Å². The van der Waals surface area contributed by atoms with Crippen LogP contribution in [0.4, 0.5) is 11.5 Å². The van der Waals surface area contributed by atoms with Crippen molar-refractivity contribution in [1.82, 2.24) is 4.98 Å². The lowest BCUT2D eigenvalue weighted by Gasteiger charge is -2.32. The molecule has 0 bridgehead atoms. The van der Waals surface area contributed by atoms with Crippen molar-refractivity contribution in [2.75, 3.05) is 18.2 Å². The third-order valence-electron chi connectivity index (χ3n) is 2.92. The van der Waals surface area contributed by atoms with E-state index in [-0.39, 0.29) is 11.4 Å². The lowest BCUT2D eigenvalue weighted by Crippen LogP contribution is -2.32. The molecule has 0 saturated carbocycles. The van der Waals surface area contributed by atoms with Gasteiger partial charge in [-0.2, -0.15) is 10.2 Å². The van der Waals surface area contributed by atoms with E-state index in [1.165, 1.54) is 7.11 Å². The average Bonchev–Trinajstić information content (AvgIpc) is 2.25. The first kappa shape index (κ1) is 12.2. The molecule has 0 amide bonds. The number of fused-ring (bicyclic) bond motifs is 1. The number of hydrogen-bond donors (Lipinski definition) is 2. The van der Waals surface area contributed by atoms with Crippen LogP contribution in [0.2, 0.25) is 0 Å². The summed E-state index contributed by atoms with van der Waals surface area (Å²) in [5, 5.41) is 12.6. The second-order valence-electron chi connectivity index (χ2n) is 4.92. The number of hydrogen-bond acceptors (Lipinski definition) is 5. The molecule has 0 aromatic carbocycles. The molecule has 0 atom stereocenters. The maximum absolute atomic E-state index is 9.28. The molecular weight excluding hydrogens is 228 g/mol. The van der Waals surface area contributed by atoms with E-state index >= 15 is 0 Å². The highest BCUT2D eigenvalue weighted by Crippen LogP contribution is 2.41. The molecule has 0 unspecified atom stereocenters. The minimum atomic E-state index is -0.235. The molecule has 5 heteroatoms. The van der Waals surface area contributed by atoms with Crippen molar-refractivity contribution in [1.29, 1.82) is 5.26 Å². The highest BCUT2D eigenvalue weighted by atomic mass is 16.5. The third-order valence-corrected chi connectivity index (χ3v) is 2.92. The summed E-state index contributed by atoms with van der Waals surface area (Å²) < 4.78 is 5.11. The van der Waals surface area contributed by atoms with Crippen molar-refractivity contribution >= 4 is 17.1 Å². The second kappa shape index (κ2) is 3.91. The van der Waals surface area contributed by atoms with Crippen LogP contribution in [0.5, 0.6) is 5.88 Å². The molecule has 1 aromatic heterocycles. The summed E-state index contributed by atoms with van der Waals surface area (Å²) >= 11 is 0. The third kappa shape index (κ3) is 1.76. The van der Waals surface area contributed by atoms with Gasteiger partial charge in [-0.05, 0) is 26.3 Å². The fourth-order valence-corrected chi connectivity index (χ4v) is 2.33. The van der Waals surface area contributed by atoms with E-state index in [0.717, 1.165) is 11.1 Å². The maximum Gasteiger partial charge on any atom is 0.235 e. The van der Waals surface area contributed by atoms with Gasteiger partial charge in [0.1, 0.15) is 17.5 Å². The zero-order valence-electron chi connectivity index (χ0n) is 11.0. The highest BCUT2D eigenvalue weighted by molar-refractivity contribution is 5.89. The number of rotatable bonds is 1. The Bertz CT molecular complexity index is 582. The molecule has 0 aliphatic carbocycles. The molecule has 94 valence electrons. The van der Waals surface area contributed by atoms with Gasteiger partial charge in [0.2, 0.25) is 5.88 Å². The van der Waals surface area contributed by atoms with Crippen molar-refractivity contribution in [3.63, 3.8) is 0 Å². The minimum Gasteiger partial charge on any atom is -0.480 e. The number of nitrogens with one attached hydrogen (secondary N) is 1. The number of ether oxygens (including phenoxy) is 1. The van der Waals surface area contributed by atoms with Gasteiger partial charge in [-0.3, -0.25) is 0 Å². The zero-order chi connectivity index (χ0) is 13.5. The molecule has 1 aliphatic rings. The summed E-state index contributed by atoms with van der Waals surface area (Å²) in [4.78, 5) is 4.13. The lowest BCUT2D eigenvalue weighted by molar-refractivity contribution is 0.397. The maximum atomic E-state index is 9.28. The number of nitrogens with zero attached hydrogens (tertiary/aromatic N) is 2. The zero-order valence-corrected chi connectivity index (χ0v) is 11.0. The van der Waals surface area contributed by atoms with Crippen LogP contribution in [0.15, 0.2) is 6.08 Å². The molecule has 3 N–H and O–H groups in total. The topological polar surface area (TPSA) is 84.0 Å². The first-order valence-corrected chi connectivity index (χ1v) is 5.65. The fourth-order valence-electron chi connectivity index (χ4n) is 2.33. The molecular formula is C13H16N4O. The van der Waals surface area contributed by atoms with Crippen molar-refractivity contribution in [3.05, 3.63) is 17.2 Å². The van der Waals surface area contributed by atoms with Gasteiger partial charge in [0.15, 0.2) is 0 Å². The van der Waals surface area contributed by atoms with Crippen LogP contribution in [-0.4, -0.2) is 17.6 Å². The summed E-state index contributed by atoms with van der Waals surface area (Å²) in [6.07, 6.45) is 2.07. The van der Waals surface area contributed by atoms with E-state index in [4.69, 9.17) is 10.5 Å². The van der Waals surface area contributed by atoms with Gasteiger partial charge in [-0.1, -0.05) is 6.08 Å². The lowest BCUT2D eigenvalue weighted by atomic mass is 9.90. The smallest absolute Gasteiger partial charge is 0.235 e. The van der Waals surface area contributed by atoms with Crippen molar-refractivity contribution in [2.45, 2.75) is 26.3 Å². The first-order valence-electron chi connectivity index (χ1n) is 5.65. The van der Waals surface area contributed by atoms with Crippen LogP contribution in [-0.2, 0) is 0 Å². The van der Waals surface area contributed by atoms with E-state index < -0.39 is 0 Å². The standard InChI is InChI=1S/C13H16N4O/c1-7-5-13(2,3)17-10-8(6-14)12(18-4)16-11(15)9(7)10/h5,17H,1-4H3,(H2,15,16). The van der Waals surface area contributed by atoms with Crippen LogP contribution < -0.4 is 15.8 Å². The number of aromatic nitrogens is 1. The van der Waals surface area contributed by atoms with Crippen LogP contribution in [0.1, 0.15) is 31.9 Å². The van der Waals surface area contributed by atoms with E-state index in [9.17, 15) is 5.26 Å². The molecule has 0 radical (unpaired) electrons. The quantitative estimate of drug-likeness (QED) is 0.790. The van der Waals surface area contributed by atoms with Gasteiger partial charge in [0, 0.05) is 5.56 Å². The number of nitrogen functional groups attached to an aromatic ring is 1.